The lowest BCUT2D eigenvalue weighted by molar-refractivity contribution is 0.0692. The molecule has 206 valence electrons. The molecule has 0 atom stereocenters. The second kappa shape index (κ2) is 11.0. The molecular formula is C29H31N7O4. The molecule has 2 aliphatic heterocycles. The van der Waals surface area contributed by atoms with Crippen molar-refractivity contribution in [3.05, 3.63) is 66.2 Å². The van der Waals surface area contributed by atoms with Crippen molar-refractivity contribution in [1.29, 1.82) is 0 Å². The minimum Gasteiger partial charge on any atom is -0.476 e. The molecule has 2 fully saturated rings. The predicted octanol–water partition coefficient (Wildman–Crippen LogP) is 3.83. The lowest BCUT2D eigenvalue weighted by Gasteiger charge is -2.29. The van der Waals surface area contributed by atoms with E-state index in [1.807, 2.05) is 24.4 Å². The molecule has 0 radical (unpaired) electrons. The van der Waals surface area contributed by atoms with E-state index in [-0.39, 0.29) is 11.8 Å². The average Bonchev–Trinajstić information content (AvgIpc) is 3.63. The number of aliphatic hydroxyl groups is 1. The van der Waals surface area contributed by atoms with Crippen LogP contribution in [0.5, 0.6) is 0 Å². The van der Waals surface area contributed by atoms with Crippen molar-refractivity contribution in [3.8, 4) is 11.1 Å². The molecule has 6 rings (SSSR count). The number of hydrogen-bond acceptors (Lipinski definition) is 8. The number of nitrogens with one attached hydrogen (secondary N) is 1. The van der Waals surface area contributed by atoms with Gasteiger partial charge in [0.15, 0.2) is 5.69 Å². The van der Waals surface area contributed by atoms with Crippen LogP contribution in [0.3, 0.4) is 0 Å². The zero-order valence-electron chi connectivity index (χ0n) is 22.0. The van der Waals surface area contributed by atoms with E-state index in [9.17, 15) is 19.8 Å². The van der Waals surface area contributed by atoms with E-state index in [0.29, 0.717) is 16.6 Å². The van der Waals surface area contributed by atoms with E-state index < -0.39 is 12.0 Å². The summed E-state index contributed by atoms with van der Waals surface area (Å²) in [6.45, 7) is 4.34. The van der Waals surface area contributed by atoms with Gasteiger partial charge in [-0.2, -0.15) is 9.78 Å². The summed E-state index contributed by atoms with van der Waals surface area (Å²) in [6.07, 6.45) is 8.75. The van der Waals surface area contributed by atoms with Crippen LogP contribution in [0.25, 0.3) is 22.0 Å². The van der Waals surface area contributed by atoms with Gasteiger partial charge in [0.1, 0.15) is 5.82 Å². The Hall–Kier alpha value is -4.35. The van der Waals surface area contributed by atoms with Crippen LogP contribution < -0.4 is 10.2 Å². The van der Waals surface area contributed by atoms with Gasteiger partial charge in [0.2, 0.25) is 0 Å². The van der Waals surface area contributed by atoms with Crippen molar-refractivity contribution in [1.82, 2.24) is 24.6 Å². The minimum absolute atomic E-state index is 0.203. The maximum Gasteiger partial charge on any atom is 0.357 e. The quantitative estimate of drug-likeness (QED) is 0.333. The number of amides is 1. The highest BCUT2D eigenvalue weighted by atomic mass is 16.4. The van der Waals surface area contributed by atoms with E-state index in [0.717, 1.165) is 85.6 Å². The summed E-state index contributed by atoms with van der Waals surface area (Å²) in [6, 6.07) is 10.4. The van der Waals surface area contributed by atoms with Gasteiger partial charge in [-0.05, 0) is 67.1 Å². The Kier molecular flexibility index (Phi) is 7.14. The highest BCUT2D eigenvalue weighted by Gasteiger charge is 2.22. The number of likely N-dealkylation sites (tertiary alicyclic amines) is 1. The highest BCUT2D eigenvalue weighted by molar-refractivity contribution is 6.06. The first-order valence-corrected chi connectivity index (χ1v) is 13.6. The maximum atomic E-state index is 13.1. The SMILES string of the molecule is O=C(O)c1nn(C(=O)Nc2ccc(N3CCCC3)nc2)c2ccc(-c3cncc(CN4CCC(O)CC4)c3)cc12. The van der Waals surface area contributed by atoms with Crippen LogP contribution in [0.4, 0.5) is 16.3 Å². The van der Waals surface area contributed by atoms with Crippen molar-refractivity contribution < 1.29 is 19.8 Å². The van der Waals surface area contributed by atoms with Crippen molar-refractivity contribution in [2.75, 3.05) is 36.4 Å². The van der Waals surface area contributed by atoms with E-state index in [4.69, 9.17) is 0 Å². The van der Waals surface area contributed by atoms with Gasteiger partial charge in [-0.1, -0.05) is 6.07 Å². The number of piperidine rings is 1. The fourth-order valence-electron chi connectivity index (χ4n) is 5.45. The molecule has 0 unspecified atom stereocenters. The maximum absolute atomic E-state index is 13.1. The number of anilines is 2. The lowest BCUT2D eigenvalue weighted by atomic mass is 10.0. The molecule has 3 N–H and O–H groups in total. The molecule has 2 aliphatic rings. The van der Waals surface area contributed by atoms with Gasteiger partial charge in [-0.3, -0.25) is 9.88 Å². The predicted molar refractivity (Wildman–Crippen MR) is 151 cm³/mol. The number of nitrogens with zero attached hydrogens (tertiary/aromatic N) is 6. The summed E-state index contributed by atoms with van der Waals surface area (Å²) in [5.41, 5.74) is 3.33. The first kappa shape index (κ1) is 25.9. The number of rotatable bonds is 6. The Morgan fingerprint density at radius 3 is 2.48 bits per heavy atom. The third kappa shape index (κ3) is 5.38. The summed E-state index contributed by atoms with van der Waals surface area (Å²) in [7, 11) is 0. The Balaban J connectivity index is 1.24. The molecule has 0 spiro atoms. The first-order valence-electron chi connectivity index (χ1n) is 13.6. The van der Waals surface area contributed by atoms with Crippen LogP contribution in [0.1, 0.15) is 41.7 Å². The van der Waals surface area contributed by atoms with Gasteiger partial charge in [0.05, 0.1) is 23.5 Å². The number of aliphatic hydroxyl groups excluding tert-OH is 1. The normalized spacial score (nSPS) is 16.5. The van der Waals surface area contributed by atoms with Crippen LogP contribution in [0.2, 0.25) is 0 Å². The molecule has 0 aliphatic carbocycles. The molecule has 1 amide bonds. The standard InChI is InChI=1S/C29H31N7O4/c37-23-7-11-34(12-8-23)18-19-13-21(16-30-15-19)20-3-5-25-24(14-20)27(28(38)39)33-36(25)29(40)32-22-4-6-26(31-17-22)35-9-1-2-10-35/h3-6,13-17,23,37H,1-2,7-12,18H2,(H,32,40)(H,38,39). The molecule has 1 aromatic carbocycles. The number of pyridine rings is 2. The summed E-state index contributed by atoms with van der Waals surface area (Å²) in [5.74, 6) is -0.349. The molecule has 5 heterocycles. The van der Waals surface area contributed by atoms with Gasteiger partial charge in [-0.15, -0.1) is 0 Å². The van der Waals surface area contributed by atoms with E-state index in [1.54, 1.807) is 30.6 Å². The summed E-state index contributed by atoms with van der Waals surface area (Å²) in [4.78, 5) is 38.6. The second-order valence-corrected chi connectivity index (χ2v) is 10.4. The fourth-order valence-corrected chi connectivity index (χ4v) is 5.45. The fraction of sp³-hybridized carbons (Fsp3) is 0.345. The monoisotopic (exact) mass is 541 g/mol. The van der Waals surface area contributed by atoms with Crippen molar-refractivity contribution in [2.45, 2.75) is 38.3 Å². The van der Waals surface area contributed by atoms with Gasteiger partial charge in [0.25, 0.3) is 0 Å². The van der Waals surface area contributed by atoms with Gasteiger partial charge >= 0.3 is 12.0 Å². The third-order valence-corrected chi connectivity index (χ3v) is 7.60. The largest absolute Gasteiger partial charge is 0.476 e. The number of carbonyl (C=O) groups excluding carboxylic acids is 1. The second-order valence-electron chi connectivity index (χ2n) is 10.4. The summed E-state index contributed by atoms with van der Waals surface area (Å²) >= 11 is 0. The lowest BCUT2D eigenvalue weighted by Crippen LogP contribution is -2.35. The number of hydrogen-bond donors (Lipinski definition) is 3. The molecule has 0 bridgehead atoms. The zero-order valence-corrected chi connectivity index (χ0v) is 22.0. The van der Waals surface area contributed by atoms with Crippen LogP contribution in [-0.4, -0.2) is 79.1 Å². The topological polar surface area (TPSA) is 137 Å². The Labute approximate surface area is 231 Å². The van der Waals surface area contributed by atoms with E-state index >= 15 is 0 Å². The number of carbonyl (C=O) groups is 2. The number of fused-ring (bicyclic) bond motifs is 1. The molecule has 4 aromatic rings. The van der Waals surface area contributed by atoms with Crippen molar-refractivity contribution in [2.24, 2.45) is 0 Å². The summed E-state index contributed by atoms with van der Waals surface area (Å²) < 4.78 is 1.08. The molecule has 2 saturated heterocycles. The molecule has 40 heavy (non-hydrogen) atoms. The zero-order chi connectivity index (χ0) is 27.6. The van der Waals surface area contributed by atoms with Crippen molar-refractivity contribution in [3.63, 3.8) is 0 Å². The minimum atomic E-state index is -1.22. The molecule has 11 nitrogen and oxygen atoms in total. The molecule has 11 heteroatoms. The molecule has 3 aromatic heterocycles. The Morgan fingerprint density at radius 1 is 0.950 bits per heavy atom. The third-order valence-electron chi connectivity index (χ3n) is 7.60. The number of benzene rings is 1. The number of aromatic nitrogens is 4. The average molecular weight is 542 g/mol. The van der Waals surface area contributed by atoms with Crippen molar-refractivity contribution >= 4 is 34.4 Å². The Morgan fingerprint density at radius 2 is 1.75 bits per heavy atom. The number of carboxylic acids is 1. The smallest absolute Gasteiger partial charge is 0.357 e. The van der Waals surface area contributed by atoms with Crippen LogP contribution in [-0.2, 0) is 6.54 Å². The van der Waals surface area contributed by atoms with Gasteiger partial charge in [0, 0.05) is 56.1 Å². The molecule has 0 saturated carbocycles. The molecular weight excluding hydrogens is 510 g/mol. The van der Waals surface area contributed by atoms with Crippen LogP contribution in [0.15, 0.2) is 55.0 Å². The highest BCUT2D eigenvalue weighted by Crippen LogP contribution is 2.28. The summed E-state index contributed by atoms with van der Waals surface area (Å²) in [5, 5.41) is 26.9. The van der Waals surface area contributed by atoms with Crippen LogP contribution in [0, 0.1) is 0 Å². The number of aromatic carboxylic acids is 1. The van der Waals surface area contributed by atoms with Gasteiger partial charge in [-0.25, -0.2) is 14.6 Å². The van der Waals surface area contributed by atoms with E-state index in [1.165, 1.54) is 0 Å². The van der Waals surface area contributed by atoms with Crippen LogP contribution >= 0.6 is 0 Å². The van der Waals surface area contributed by atoms with Gasteiger partial charge < -0.3 is 20.4 Å². The number of carboxylic acid groups (broad SMARTS) is 1. The van der Waals surface area contributed by atoms with E-state index in [2.05, 4.69) is 30.2 Å². The first-order chi connectivity index (χ1) is 19.4. The Bertz CT molecular complexity index is 1540.